The van der Waals surface area contributed by atoms with Crippen LogP contribution < -0.4 is 34.7 Å². The van der Waals surface area contributed by atoms with Gasteiger partial charge < -0.3 is 19.9 Å². The number of β-lactam (4-membered cyclic amide) rings is 1. The van der Waals surface area contributed by atoms with E-state index in [1.54, 1.807) is 6.92 Å². The molecule has 82 valence electrons. The Morgan fingerprint density at radius 3 is 2.75 bits per heavy atom. The second kappa shape index (κ2) is 4.87. The van der Waals surface area contributed by atoms with Gasteiger partial charge in [0.15, 0.2) is 0 Å². The van der Waals surface area contributed by atoms with Gasteiger partial charge in [0.05, 0.1) is 23.6 Å². The third kappa shape index (κ3) is 1.82. The van der Waals surface area contributed by atoms with E-state index in [4.69, 9.17) is 5.11 Å². The first-order valence-corrected chi connectivity index (χ1v) is 4.93. The van der Waals surface area contributed by atoms with E-state index in [2.05, 4.69) is 0 Å². The predicted molar refractivity (Wildman–Crippen MR) is 48.2 cm³/mol. The minimum atomic E-state index is -1.29. The fourth-order valence-electron chi connectivity index (χ4n) is 2.46. The van der Waals surface area contributed by atoms with Crippen LogP contribution in [0, 0.1) is 5.92 Å². The zero-order chi connectivity index (χ0) is 11.2. The van der Waals surface area contributed by atoms with Crippen molar-refractivity contribution >= 4 is 11.9 Å². The normalized spacial score (nSPS) is 27.4. The van der Waals surface area contributed by atoms with Crippen LogP contribution in [0.25, 0.3) is 0 Å². The van der Waals surface area contributed by atoms with E-state index in [1.807, 2.05) is 0 Å². The topological polar surface area (TPSA) is 80.7 Å². The average molecular weight is 233 g/mol. The van der Waals surface area contributed by atoms with E-state index >= 15 is 0 Å². The van der Waals surface area contributed by atoms with Gasteiger partial charge in [-0.25, -0.2) is 0 Å². The summed E-state index contributed by atoms with van der Waals surface area (Å²) in [6.45, 7) is 1.66. The number of fused-ring (bicyclic) bond motifs is 1. The minimum Gasteiger partial charge on any atom is -0.543 e. The van der Waals surface area contributed by atoms with Crippen LogP contribution in [0.2, 0.25) is 0 Å². The molecule has 2 unspecified atom stereocenters. The summed E-state index contributed by atoms with van der Waals surface area (Å²) in [5.74, 6) is -1.71. The maximum absolute atomic E-state index is 11.6. The molecule has 2 rings (SSSR count). The molecule has 2 aliphatic heterocycles. The predicted octanol–water partition coefficient (Wildman–Crippen LogP) is -4.37. The summed E-state index contributed by atoms with van der Waals surface area (Å²) < 4.78 is 0. The largest absolute Gasteiger partial charge is 1.00 e. The molecule has 0 saturated carbocycles. The average Bonchev–Trinajstić information content (AvgIpc) is 2.49. The van der Waals surface area contributed by atoms with E-state index in [1.165, 1.54) is 4.90 Å². The van der Waals surface area contributed by atoms with E-state index < -0.39 is 5.97 Å². The summed E-state index contributed by atoms with van der Waals surface area (Å²) in [6, 6.07) is -0.0717. The SMILES string of the molecule is CC1=C(C(=O)[O-])N2C(=O)C(CCO)C2C1.[Na+]. The molecule has 0 spiro atoms. The summed E-state index contributed by atoms with van der Waals surface area (Å²) in [4.78, 5) is 23.7. The van der Waals surface area contributed by atoms with Gasteiger partial charge in [-0.1, -0.05) is 0 Å². The van der Waals surface area contributed by atoms with Crippen LogP contribution in [0.1, 0.15) is 19.8 Å². The van der Waals surface area contributed by atoms with Crippen LogP contribution in [0.5, 0.6) is 0 Å². The van der Waals surface area contributed by atoms with Crippen LogP contribution >= 0.6 is 0 Å². The summed E-state index contributed by atoms with van der Waals surface area (Å²) >= 11 is 0. The number of carboxylic acid groups (broad SMARTS) is 1. The number of carboxylic acids is 1. The van der Waals surface area contributed by atoms with Crippen LogP contribution in [0.3, 0.4) is 0 Å². The number of hydrogen-bond acceptors (Lipinski definition) is 4. The van der Waals surface area contributed by atoms with Gasteiger partial charge in [-0.15, -0.1) is 0 Å². The maximum Gasteiger partial charge on any atom is 1.00 e. The van der Waals surface area contributed by atoms with Crippen LogP contribution in [0.4, 0.5) is 0 Å². The van der Waals surface area contributed by atoms with Gasteiger partial charge in [0.2, 0.25) is 5.91 Å². The van der Waals surface area contributed by atoms with Gasteiger partial charge in [-0.3, -0.25) is 4.79 Å². The summed E-state index contributed by atoms with van der Waals surface area (Å²) in [5.41, 5.74) is 0.716. The second-order valence-electron chi connectivity index (χ2n) is 4.01. The molecule has 0 radical (unpaired) electrons. The van der Waals surface area contributed by atoms with Gasteiger partial charge in [0.25, 0.3) is 0 Å². The van der Waals surface area contributed by atoms with Crippen molar-refractivity contribution in [2.75, 3.05) is 6.61 Å². The standard InChI is InChI=1S/C10H13NO4.Na/c1-5-4-7-6(2-3-12)9(13)11(7)8(5)10(14)15;/h6-7,12H,2-4H2,1H3,(H,14,15);/q;+1/p-1. The van der Waals surface area contributed by atoms with Crippen LogP contribution in [-0.4, -0.2) is 34.5 Å². The monoisotopic (exact) mass is 233 g/mol. The van der Waals surface area contributed by atoms with E-state index in [0.29, 0.717) is 18.4 Å². The number of amides is 1. The first-order valence-electron chi connectivity index (χ1n) is 4.93. The third-order valence-electron chi connectivity index (χ3n) is 3.14. The molecule has 1 N–H and O–H groups in total. The number of carbonyl (C=O) groups is 2. The van der Waals surface area contributed by atoms with Gasteiger partial charge in [0.1, 0.15) is 0 Å². The Morgan fingerprint density at radius 1 is 1.62 bits per heavy atom. The molecule has 0 aromatic heterocycles. The second-order valence-corrected chi connectivity index (χ2v) is 4.01. The zero-order valence-corrected chi connectivity index (χ0v) is 11.4. The van der Waals surface area contributed by atoms with Crippen molar-refractivity contribution in [3.8, 4) is 0 Å². The molecule has 1 amide bonds. The van der Waals surface area contributed by atoms with E-state index in [9.17, 15) is 14.7 Å². The Balaban J connectivity index is 0.00000128. The number of aliphatic hydroxyl groups is 1. The van der Waals surface area contributed by atoms with Gasteiger partial charge in [0, 0.05) is 6.61 Å². The number of carbonyl (C=O) groups excluding carboxylic acids is 2. The molecule has 0 aromatic carbocycles. The maximum atomic E-state index is 11.6. The molecular formula is C10H12NNaO4. The quantitative estimate of drug-likeness (QED) is 0.394. The zero-order valence-electron chi connectivity index (χ0n) is 9.40. The van der Waals surface area contributed by atoms with Crippen LogP contribution in [-0.2, 0) is 9.59 Å². The number of hydrogen-bond donors (Lipinski definition) is 1. The molecular weight excluding hydrogens is 221 g/mol. The van der Waals surface area contributed by atoms with Crippen molar-refractivity contribution in [1.82, 2.24) is 4.90 Å². The Bertz CT molecular complexity index is 366. The number of nitrogens with zero attached hydrogens (tertiary/aromatic N) is 1. The Hall–Kier alpha value is -0.360. The van der Waals surface area contributed by atoms with Crippen molar-refractivity contribution in [3.63, 3.8) is 0 Å². The molecule has 5 nitrogen and oxygen atoms in total. The smallest absolute Gasteiger partial charge is 0.543 e. The van der Waals surface area contributed by atoms with Crippen molar-refractivity contribution < 1.29 is 49.4 Å². The third-order valence-corrected chi connectivity index (χ3v) is 3.14. The molecule has 2 atom stereocenters. The summed E-state index contributed by atoms with van der Waals surface area (Å²) in [7, 11) is 0. The van der Waals surface area contributed by atoms with Crippen molar-refractivity contribution in [2.24, 2.45) is 5.92 Å². The van der Waals surface area contributed by atoms with Crippen LogP contribution in [0.15, 0.2) is 11.3 Å². The minimum absolute atomic E-state index is 0. The van der Waals surface area contributed by atoms with Crippen molar-refractivity contribution in [3.05, 3.63) is 11.3 Å². The molecule has 0 aliphatic carbocycles. The van der Waals surface area contributed by atoms with Gasteiger partial charge in [-0.05, 0) is 25.3 Å². The first-order chi connectivity index (χ1) is 7.07. The molecule has 16 heavy (non-hydrogen) atoms. The summed E-state index contributed by atoms with van der Waals surface area (Å²) in [5, 5.41) is 19.6. The van der Waals surface area contributed by atoms with E-state index in [0.717, 1.165) is 0 Å². The number of rotatable bonds is 3. The van der Waals surface area contributed by atoms with E-state index in [-0.39, 0.29) is 59.7 Å². The molecule has 6 heteroatoms. The van der Waals surface area contributed by atoms with Gasteiger partial charge >= 0.3 is 29.6 Å². The van der Waals surface area contributed by atoms with Crippen molar-refractivity contribution in [1.29, 1.82) is 0 Å². The van der Waals surface area contributed by atoms with Gasteiger partial charge in [-0.2, -0.15) is 0 Å². The molecule has 1 saturated heterocycles. The number of aliphatic hydroxyl groups excluding tert-OH is 1. The Kier molecular flexibility index (Phi) is 4.17. The molecule has 0 bridgehead atoms. The Morgan fingerprint density at radius 2 is 2.25 bits per heavy atom. The molecule has 2 heterocycles. The fraction of sp³-hybridized carbons (Fsp3) is 0.600. The van der Waals surface area contributed by atoms with Crippen molar-refractivity contribution in [2.45, 2.75) is 25.8 Å². The number of aliphatic carboxylic acids is 1. The molecule has 2 aliphatic rings. The fourth-order valence-corrected chi connectivity index (χ4v) is 2.46. The molecule has 0 aromatic rings. The Labute approximate surface area is 115 Å². The molecule has 1 fully saturated rings. The summed E-state index contributed by atoms with van der Waals surface area (Å²) in [6.07, 6.45) is 0.993. The first kappa shape index (κ1) is 13.7.